The molecule has 2 fully saturated rings. The fraction of sp³-hybridized carbons (Fsp3) is 0.271. The molecule has 5 heterocycles. The van der Waals surface area contributed by atoms with Crippen molar-refractivity contribution in [2.24, 2.45) is 0 Å². The Bertz CT molecular complexity index is 2830. The topological polar surface area (TPSA) is 229 Å². The number of hydrogen-bond acceptors (Lipinski definition) is 16. The number of piperidine rings is 2. The molecule has 4 aromatic carbocycles. The van der Waals surface area contributed by atoms with Crippen molar-refractivity contribution in [3.05, 3.63) is 132 Å². The fourth-order valence-electron chi connectivity index (χ4n) is 8.17. The molecule has 2 amide bonds. The molecule has 66 heavy (non-hydrogen) atoms. The van der Waals surface area contributed by atoms with Crippen molar-refractivity contribution >= 4 is 58.4 Å². The minimum Gasteiger partial charge on any atom is -0.341 e. The quantitative estimate of drug-likeness (QED) is 0.0813. The molecule has 0 unspecified atom stereocenters. The van der Waals surface area contributed by atoms with E-state index in [0.29, 0.717) is 77.1 Å². The maximum Gasteiger partial charge on any atom is 0.232 e. The highest BCUT2D eigenvalue weighted by Crippen LogP contribution is 2.32. The molecule has 2 aliphatic heterocycles. The number of amides is 2. The number of nitrogens with one attached hydrogen (secondary N) is 4. The van der Waals surface area contributed by atoms with Gasteiger partial charge in [0, 0.05) is 73.3 Å². The predicted molar refractivity (Wildman–Crippen MR) is 250 cm³/mol. The standard InChI is InChI=1S/C48H47N15O3/c1-31-39(11-6-12-40(31)57-46-51-30-53-48(60-46)62-23-19-34(20-24-62)33-15-13-32(28-49)14-16-33)56-42(65)18-17-41(64)54-37-9-5-10-38(27-37)55-45-50-29-52-47(59-45)63-25-21-36(22-26-63)44-58-43(61-66-44)35-7-3-2-4-8-35/h2-16,27,29-30,34,36H,17-26H2,1H3,(H,54,64)(H,56,65)(H,50,52,55,59)(H,51,53,57,60). The molecule has 9 rings (SSSR count). The van der Waals surface area contributed by atoms with Gasteiger partial charge in [-0.25, -0.2) is 19.9 Å². The summed E-state index contributed by atoms with van der Waals surface area (Å²) < 4.78 is 5.63. The van der Waals surface area contributed by atoms with E-state index >= 15 is 0 Å². The molecule has 0 spiro atoms. The summed E-state index contributed by atoms with van der Waals surface area (Å²) >= 11 is 0. The Hall–Kier alpha value is -8.33. The summed E-state index contributed by atoms with van der Waals surface area (Å²) in [7, 11) is 0. The molecule has 0 atom stereocenters. The molecule has 0 radical (unpaired) electrons. The summed E-state index contributed by atoms with van der Waals surface area (Å²) in [6, 6.07) is 32.5. The van der Waals surface area contributed by atoms with E-state index in [1.165, 1.54) is 18.2 Å². The van der Waals surface area contributed by atoms with Crippen LogP contribution in [-0.2, 0) is 9.59 Å². The molecular weight excluding hydrogens is 835 g/mol. The van der Waals surface area contributed by atoms with Crippen molar-refractivity contribution in [1.82, 2.24) is 40.0 Å². The summed E-state index contributed by atoms with van der Waals surface area (Å²) in [6.07, 6.45) is 6.45. The zero-order chi connectivity index (χ0) is 45.2. The van der Waals surface area contributed by atoms with E-state index in [9.17, 15) is 9.59 Å². The van der Waals surface area contributed by atoms with E-state index in [4.69, 9.17) is 14.8 Å². The Balaban J connectivity index is 0.727. The van der Waals surface area contributed by atoms with Crippen LogP contribution in [0.25, 0.3) is 11.4 Å². The van der Waals surface area contributed by atoms with Gasteiger partial charge >= 0.3 is 0 Å². The number of aromatic nitrogens is 8. The van der Waals surface area contributed by atoms with Gasteiger partial charge in [0.2, 0.25) is 47.3 Å². The monoisotopic (exact) mass is 881 g/mol. The minimum atomic E-state index is -0.304. The molecule has 332 valence electrons. The van der Waals surface area contributed by atoms with Gasteiger partial charge in [-0.3, -0.25) is 9.59 Å². The predicted octanol–water partition coefficient (Wildman–Crippen LogP) is 7.90. The lowest BCUT2D eigenvalue weighted by molar-refractivity contribution is -0.121. The highest BCUT2D eigenvalue weighted by atomic mass is 16.5. The van der Waals surface area contributed by atoms with E-state index in [-0.39, 0.29) is 30.6 Å². The van der Waals surface area contributed by atoms with Gasteiger partial charge in [0.05, 0.1) is 11.6 Å². The van der Waals surface area contributed by atoms with E-state index < -0.39 is 0 Å². The number of carbonyl (C=O) groups excluding carboxylic acids is 2. The molecular formula is C48H47N15O3. The highest BCUT2D eigenvalue weighted by Gasteiger charge is 2.27. The molecule has 0 aliphatic carbocycles. The SMILES string of the molecule is Cc1c(NC(=O)CCC(=O)Nc2cccc(Nc3ncnc(N4CCC(c5nc(-c6ccccc6)no5)CC4)n3)c2)cccc1Nc1ncnc(N2CCC(c3ccc(C#N)cc3)CC2)n1. The van der Waals surface area contributed by atoms with Crippen molar-refractivity contribution in [2.75, 3.05) is 57.2 Å². The second kappa shape index (κ2) is 20.0. The van der Waals surface area contributed by atoms with Gasteiger partial charge in [0.1, 0.15) is 12.7 Å². The van der Waals surface area contributed by atoms with Crippen LogP contribution in [0.15, 0.2) is 114 Å². The van der Waals surface area contributed by atoms with Gasteiger partial charge in [-0.05, 0) is 92.1 Å². The smallest absolute Gasteiger partial charge is 0.232 e. The number of hydrogen-bond donors (Lipinski definition) is 4. The van der Waals surface area contributed by atoms with E-state index in [1.807, 2.05) is 91.9 Å². The maximum atomic E-state index is 13.1. The van der Waals surface area contributed by atoms with Crippen molar-refractivity contribution < 1.29 is 14.1 Å². The molecule has 7 aromatic rings. The number of nitrogens with zero attached hydrogens (tertiary/aromatic N) is 11. The third-order valence-corrected chi connectivity index (χ3v) is 11.8. The molecule has 18 nitrogen and oxygen atoms in total. The Labute approximate surface area is 381 Å². The molecule has 0 bridgehead atoms. The Morgan fingerprint density at radius 3 is 1.95 bits per heavy atom. The maximum absolute atomic E-state index is 13.1. The van der Waals surface area contributed by atoms with Gasteiger partial charge in [0.25, 0.3) is 0 Å². The molecule has 2 saturated heterocycles. The minimum absolute atomic E-state index is 0.0198. The van der Waals surface area contributed by atoms with Gasteiger partial charge in [0.15, 0.2) is 0 Å². The van der Waals surface area contributed by atoms with Crippen LogP contribution >= 0.6 is 0 Å². The first kappa shape index (κ1) is 42.9. The lowest BCUT2D eigenvalue weighted by Crippen LogP contribution is -2.34. The molecule has 0 saturated carbocycles. The van der Waals surface area contributed by atoms with Crippen LogP contribution < -0.4 is 31.1 Å². The second-order valence-corrected chi connectivity index (χ2v) is 16.2. The fourth-order valence-corrected chi connectivity index (χ4v) is 8.17. The van der Waals surface area contributed by atoms with Crippen LogP contribution in [-0.4, -0.2) is 78.0 Å². The van der Waals surface area contributed by atoms with Crippen molar-refractivity contribution in [3.8, 4) is 17.5 Å². The van der Waals surface area contributed by atoms with Crippen LogP contribution in [0.4, 0.5) is 46.5 Å². The average molecular weight is 882 g/mol. The van der Waals surface area contributed by atoms with E-state index in [1.54, 1.807) is 12.1 Å². The lowest BCUT2D eigenvalue weighted by Gasteiger charge is -2.32. The third kappa shape index (κ3) is 10.5. The number of anilines is 8. The second-order valence-electron chi connectivity index (χ2n) is 16.2. The number of rotatable bonds is 14. The summed E-state index contributed by atoms with van der Waals surface area (Å²) in [4.78, 5) is 61.9. The van der Waals surface area contributed by atoms with Crippen molar-refractivity contribution in [3.63, 3.8) is 0 Å². The third-order valence-electron chi connectivity index (χ3n) is 11.8. The van der Waals surface area contributed by atoms with Crippen LogP contribution in [0.3, 0.4) is 0 Å². The lowest BCUT2D eigenvalue weighted by atomic mass is 9.89. The van der Waals surface area contributed by atoms with Crippen LogP contribution in [0.2, 0.25) is 0 Å². The summed E-state index contributed by atoms with van der Waals surface area (Å²) in [6.45, 7) is 4.91. The molecule has 4 N–H and O–H groups in total. The van der Waals surface area contributed by atoms with Crippen LogP contribution in [0.5, 0.6) is 0 Å². The van der Waals surface area contributed by atoms with Gasteiger partial charge < -0.3 is 35.6 Å². The van der Waals surface area contributed by atoms with Crippen LogP contribution in [0, 0.1) is 18.3 Å². The van der Waals surface area contributed by atoms with Crippen molar-refractivity contribution in [1.29, 1.82) is 5.26 Å². The summed E-state index contributed by atoms with van der Waals surface area (Å²) in [5, 5.41) is 25.6. The Morgan fingerprint density at radius 2 is 1.27 bits per heavy atom. The molecule has 18 heteroatoms. The van der Waals surface area contributed by atoms with Gasteiger partial charge in [-0.15, -0.1) is 0 Å². The largest absolute Gasteiger partial charge is 0.341 e. The normalized spacial score (nSPS) is 14.3. The van der Waals surface area contributed by atoms with E-state index in [0.717, 1.165) is 55.6 Å². The average Bonchev–Trinajstić information content (AvgIpc) is 3.86. The summed E-state index contributed by atoms with van der Waals surface area (Å²) in [5.41, 5.74) is 6.18. The first-order chi connectivity index (χ1) is 32.3. The molecule has 3 aromatic heterocycles. The van der Waals surface area contributed by atoms with Crippen molar-refractivity contribution in [2.45, 2.75) is 57.3 Å². The number of benzene rings is 4. The molecule has 2 aliphatic rings. The Morgan fingerprint density at radius 1 is 0.667 bits per heavy atom. The first-order valence-electron chi connectivity index (χ1n) is 21.9. The summed E-state index contributed by atoms with van der Waals surface area (Å²) in [5.74, 6) is 3.11. The first-order valence-corrected chi connectivity index (χ1v) is 21.9. The number of nitriles is 1. The number of carbonyl (C=O) groups is 2. The zero-order valence-corrected chi connectivity index (χ0v) is 36.3. The zero-order valence-electron chi connectivity index (χ0n) is 36.3. The Kier molecular flexibility index (Phi) is 13.0. The van der Waals surface area contributed by atoms with E-state index in [2.05, 4.69) is 72.2 Å². The highest BCUT2D eigenvalue weighted by molar-refractivity contribution is 5.97. The van der Waals surface area contributed by atoms with Gasteiger partial charge in [-0.1, -0.05) is 59.8 Å². The van der Waals surface area contributed by atoms with Crippen LogP contribution in [0.1, 0.15) is 72.9 Å². The van der Waals surface area contributed by atoms with Gasteiger partial charge in [-0.2, -0.15) is 20.2 Å².